The average Bonchev–Trinajstić information content (AvgIpc) is 3.25. The summed E-state index contributed by atoms with van der Waals surface area (Å²) >= 11 is 6.13. The monoisotopic (exact) mass is 489 g/mol. The first-order valence-electron chi connectivity index (χ1n) is 10.2. The molecule has 11 heteroatoms. The molecule has 4 aromatic rings. The Kier molecular flexibility index (Phi) is 6.05. The summed E-state index contributed by atoms with van der Waals surface area (Å²) in [4.78, 5) is 16.2. The van der Waals surface area contributed by atoms with E-state index < -0.39 is 29.8 Å². The normalized spacial score (nSPS) is 13.7. The predicted molar refractivity (Wildman–Crippen MR) is 120 cm³/mol. The molecular weight excluding hydrogens is 471 g/mol. The lowest BCUT2D eigenvalue weighted by Gasteiger charge is -2.26. The molecule has 0 saturated carbocycles. The third kappa shape index (κ3) is 4.34. The summed E-state index contributed by atoms with van der Waals surface area (Å²) < 4.78 is 41.2. The molecule has 1 atom stereocenters. The first kappa shape index (κ1) is 23.7. The third-order valence-corrected chi connectivity index (χ3v) is 5.79. The van der Waals surface area contributed by atoms with Gasteiger partial charge in [-0.1, -0.05) is 48.0 Å². The highest BCUT2D eigenvalue weighted by Gasteiger charge is 2.55. The van der Waals surface area contributed by atoms with Crippen molar-refractivity contribution in [1.82, 2.24) is 20.0 Å². The number of hydrogen-bond acceptors (Lipinski definition) is 5. The molecule has 34 heavy (non-hydrogen) atoms. The predicted octanol–water partition coefficient (Wildman–Crippen LogP) is 4.45. The van der Waals surface area contributed by atoms with Gasteiger partial charge in [0.2, 0.25) is 5.60 Å². The van der Waals surface area contributed by atoms with Crippen LogP contribution < -0.4 is 5.73 Å². The molecule has 4 rings (SSSR count). The van der Waals surface area contributed by atoms with Crippen LogP contribution in [0.1, 0.15) is 35.1 Å². The molecule has 1 amide bonds. The van der Waals surface area contributed by atoms with Gasteiger partial charge in [-0.2, -0.15) is 13.2 Å². The molecule has 0 aliphatic rings. The average molecular weight is 490 g/mol. The van der Waals surface area contributed by atoms with Crippen LogP contribution in [0.3, 0.4) is 0 Å². The zero-order valence-electron chi connectivity index (χ0n) is 17.8. The lowest BCUT2D eigenvalue weighted by Crippen LogP contribution is -2.42. The van der Waals surface area contributed by atoms with Crippen LogP contribution in [0.15, 0.2) is 54.7 Å². The molecule has 0 bridgehead atoms. The number of nitrogens with two attached hydrogens (primary N) is 1. The largest absolute Gasteiger partial charge is 0.423 e. The summed E-state index contributed by atoms with van der Waals surface area (Å²) in [5.74, 6) is -0.706. The number of rotatable bonds is 6. The smallest absolute Gasteiger partial charge is 0.375 e. The van der Waals surface area contributed by atoms with Crippen molar-refractivity contribution in [1.29, 1.82) is 0 Å². The summed E-state index contributed by atoms with van der Waals surface area (Å²) in [7, 11) is 0. The van der Waals surface area contributed by atoms with Gasteiger partial charge < -0.3 is 10.8 Å². The molecule has 0 aliphatic heterocycles. The molecule has 0 aliphatic carbocycles. The van der Waals surface area contributed by atoms with Gasteiger partial charge in [0.15, 0.2) is 0 Å². The lowest BCUT2D eigenvalue weighted by atomic mass is 9.96. The number of carbonyl (C=O) groups excluding carboxylic acids is 1. The maximum atomic E-state index is 13.3. The number of pyridine rings is 1. The molecule has 7 nitrogen and oxygen atoms in total. The summed E-state index contributed by atoms with van der Waals surface area (Å²) in [5.41, 5.74) is 4.43. The van der Waals surface area contributed by atoms with Crippen molar-refractivity contribution in [2.45, 2.75) is 31.7 Å². The van der Waals surface area contributed by atoms with Crippen molar-refractivity contribution in [3.05, 3.63) is 76.7 Å². The highest BCUT2D eigenvalue weighted by molar-refractivity contribution is 6.30. The molecular formula is C23H19ClF3N5O2. The standard InChI is InChI=1S/C23H19ClF3N5O2/c1-2-22(34,23(25,26)27)20-12-32(31-30-20)11-13-6-7-16-17(14-4-3-5-15(24)9-14)10-19(21(28)33)29-18(16)8-13/h3-10,12,34H,2,11H2,1H3,(H2,28,33)/t22-/m0/s1. The maximum Gasteiger partial charge on any atom is 0.423 e. The summed E-state index contributed by atoms with van der Waals surface area (Å²) in [5, 5.41) is 18.6. The minimum absolute atomic E-state index is 0.0563. The summed E-state index contributed by atoms with van der Waals surface area (Å²) in [6.45, 7) is 1.28. The maximum absolute atomic E-state index is 13.3. The molecule has 2 aromatic heterocycles. The minimum Gasteiger partial charge on any atom is -0.375 e. The van der Waals surface area contributed by atoms with Crippen molar-refractivity contribution in [2.75, 3.05) is 0 Å². The summed E-state index contributed by atoms with van der Waals surface area (Å²) in [6.07, 6.45) is -4.43. The van der Waals surface area contributed by atoms with Crippen molar-refractivity contribution in [3.63, 3.8) is 0 Å². The van der Waals surface area contributed by atoms with Crippen LogP contribution in [-0.4, -0.2) is 37.2 Å². The Balaban J connectivity index is 1.74. The molecule has 3 N–H and O–H groups in total. The fourth-order valence-electron chi connectivity index (χ4n) is 3.67. The number of aromatic nitrogens is 4. The van der Waals surface area contributed by atoms with E-state index in [0.29, 0.717) is 21.7 Å². The number of fused-ring (bicyclic) bond motifs is 1. The second-order valence-electron chi connectivity index (χ2n) is 7.79. The SMILES string of the molecule is CC[C@](O)(c1cn(Cc2ccc3c(-c4cccc(Cl)c4)cc(C(N)=O)nc3c2)nn1)C(F)(F)F. The van der Waals surface area contributed by atoms with Crippen LogP contribution in [0.5, 0.6) is 0 Å². The van der Waals surface area contributed by atoms with Gasteiger partial charge in [-0.05, 0) is 47.4 Å². The van der Waals surface area contributed by atoms with Crippen molar-refractivity contribution in [2.24, 2.45) is 5.73 Å². The Morgan fingerprint density at radius 2 is 1.94 bits per heavy atom. The molecule has 0 saturated heterocycles. The van der Waals surface area contributed by atoms with Gasteiger partial charge in [0.1, 0.15) is 11.4 Å². The Bertz CT molecular complexity index is 1390. The molecule has 176 valence electrons. The van der Waals surface area contributed by atoms with Gasteiger partial charge >= 0.3 is 6.18 Å². The number of carbonyl (C=O) groups is 1. The van der Waals surface area contributed by atoms with Gasteiger partial charge in [0.05, 0.1) is 18.3 Å². The topological polar surface area (TPSA) is 107 Å². The Hall–Kier alpha value is -3.50. The van der Waals surface area contributed by atoms with E-state index in [-0.39, 0.29) is 12.2 Å². The molecule has 0 spiro atoms. The fourth-order valence-corrected chi connectivity index (χ4v) is 3.86. The van der Waals surface area contributed by atoms with E-state index in [1.54, 1.807) is 42.5 Å². The quantitative estimate of drug-likeness (QED) is 0.416. The molecule has 2 heterocycles. The zero-order valence-corrected chi connectivity index (χ0v) is 18.6. The van der Waals surface area contributed by atoms with E-state index in [2.05, 4.69) is 15.3 Å². The van der Waals surface area contributed by atoms with Crippen molar-refractivity contribution in [3.8, 4) is 11.1 Å². The molecule has 0 radical (unpaired) electrons. The van der Waals surface area contributed by atoms with Gasteiger partial charge in [-0.25, -0.2) is 9.67 Å². The lowest BCUT2D eigenvalue weighted by molar-refractivity contribution is -0.269. The Labute approximate surface area is 197 Å². The second-order valence-corrected chi connectivity index (χ2v) is 8.23. The Morgan fingerprint density at radius 1 is 1.18 bits per heavy atom. The first-order valence-corrected chi connectivity index (χ1v) is 10.6. The third-order valence-electron chi connectivity index (χ3n) is 5.55. The van der Waals surface area contributed by atoms with E-state index in [1.165, 1.54) is 11.6 Å². The minimum atomic E-state index is -4.89. The number of benzene rings is 2. The second kappa shape index (κ2) is 8.69. The Morgan fingerprint density at radius 3 is 2.59 bits per heavy atom. The van der Waals surface area contributed by atoms with Gasteiger partial charge in [-0.15, -0.1) is 5.10 Å². The van der Waals surface area contributed by atoms with E-state index >= 15 is 0 Å². The van der Waals surface area contributed by atoms with Gasteiger partial charge in [0, 0.05) is 10.4 Å². The number of primary amides is 1. The van der Waals surface area contributed by atoms with Gasteiger partial charge in [0.25, 0.3) is 5.91 Å². The number of nitrogens with zero attached hydrogens (tertiary/aromatic N) is 4. The number of aliphatic hydroxyl groups is 1. The molecule has 0 unspecified atom stereocenters. The highest BCUT2D eigenvalue weighted by atomic mass is 35.5. The van der Waals surface area contributed by atoms with Gasteiger partial charge in [-0.3, -0.25) is 4.79 Å². The van der Waals surface area contributed by atoms with Crippen LogP contribution in [0.4, 0.5) is 13.2 Å². The zero-order chi connectivity index (χ0) is 24.7. The van der Waals surface area contributed by atoms with Crippen LogP contribution in [-0.2, 0) is 12.1 Å². The molecule has 2 aromatic carbocycles. The first-order chi connectivity index (χ1) is 16.0. The summed E-state index contributed by atoms with van der Waals surface area (Å²) in [6, 6.07) is 13.9. The van der Waals surface area contributed by atoms with Crippen LogP contribution in [0.25, 0.3) is 22.0 Å². The van der Waals surface area contributed by atoms with Crippen LogP contribution in [0.2, 0.25) is 5.02 Å². The van der Waals surface area contributed by atoms with E-state index in [1.807, 2.05) is 6.07 Å². The highest BCUT2D eigenvalue weighted by Crippen LogP contribution is 2.40. The van der Waals surface area contributed by atoms with Crippen molar-refractivity contribution >= 4 is 28.4 Å². The van der Waals surface area contributed by atoms with Crippen LogP contribution >= 0.6 is 11.6 Å². The van der Waals surface area contributed by atoms with E-state index in [0.717, 1.165) is 17.1 Å². The van der Waals surface area contributed by atoms with Crippen LogP contribution in [0, 0.1) is 0 Å². The number of hydrogen-bond donors (Lipinski definition) is 2. The molecule has 0 fully saturated rings. The number of amides is 1. The number of halogens is 4. The van der Waals surface area contributed by atoms with E-state index in [4.69, 9.17) is 17.3 Å². The fraction of sp³-hybridized carbons (Fsp3) is 0.217. The van der Waals surface area contributed by atoms with Crippen molar-refractivity contribution < 1.29 is 23.1 Å². The van der Waals surface area contributed by atoms with E-state index in [9.17, 15) is 23.1 Å². The number of alkyl halides is 3.